The Morgan fingerprint density at radius 2 is 2.15 bits per heavy atom. The fourth-order valence-corrected chi connectivity index (χ4v) is 2.75. The molecular formula is C10H9ClOS. The van der Waals surface area contributed by atoms with Crippen LogP contribution in [0.4, 0.5) is 0 Å². The topological polar surface area (TPSA) is 9.23 Å². The number of aryl methyl sites for hydroxylation is 1. The predicted octanol–water partition coefficient (Wildman–Crippen LogP) is 3.87. The molecule has 2 aromatic rings. The summed E-state index contributed by atoms with van der Waals surface area (Å²) >= 11 is 7.63. The van der Waals surface area contributed by atoms with Crippen LogP contribution in [-0.2, 0) is 0 Å². The van der Waals surface area contributed by atoms with Crippen LogP contribution in [0.3, 0.4) is 0 Å². The summed E-state index contributed by atoms with van der Waals surface area (Å²) in [7, 11) is 1.69. The molecule has 3 heteroatoms. The first kappa shape index (κ1) is 8.85. The number of methoxy groups -OCH3 is 1. The van der Waals surface area contributed by atoms with Gasteiger partial charge in [0.15, 0.2) is 0 Å². The molecule has 0 spiro atoms. The van der Waals surface area contributed by atoms with Gasteiger partial charge in [-0.1, -0.05) is 23.7 Å². The van der Waals surface area contributed by atoms with E-state index in [1.54, 1.807) is 18.4 Å². The Morgan fingerprint density at radius 1 is 1.38 bits per heavy atom. The van der Waals surface area contributed by atoms with E-state index in [2.05, 4.69) is 0 Å². The van der Waals surface area contributed by atoms with E-state index in [-0.39, 0.29) is 0 Å². The normalized spacial score (nSPS) is 10.7. The monoisotopic (exact) mass is 212 g/mol. The molecule has 0 N–H and O–H groups in total. The predicted molar refractivity (Wildman–Crippen MR) is 58.1 cm³/mol. The first-order valence-corrected chi connectivity index (χ1v) is 5.20. The number of rotatable bonds is 1. The number of fused-ring (bicyclic) bond motifs is 1. The van der Waals surface area contributed by atoms with Crippen LogP contribution in [0, 0.1) is 6.92 Å². The zero-order valence-corrected chi connectivity index (χ0v) is 9.00. The second kappa shape index (κ2) is 3.20. The number of hydrogen-bond donors (Lipinski definition) is 0. The maximum atomic E-state index is 6.01. The second-order valence-electron chi connectivity index (χ2n) is 2.88. The highest BCUT2D eigenvalue weighted by Gasteiger charge is 2.08. The van der Waals surface area contributed by atoms with Gasteiger partial charge in [-0.2, -0.15) is 0 Å². The SMILES string of the molecule is COc1c(C)ccc2c(Cl)csc12. The third kappa shape index (κ3) is 1.30. The average molecular weight is 213 g/mol. The van der Waals surface area contributed by atoms with Gasteiger partial charge in [0.05, 0.1) is 16.8 Å². The molecule has 1 heterocycles. The van der Waals surface area contributed by atoms with Gasteiger partial charge in [-0.05, 0) is 12.5 Å². The molecule has 0 amide bonds. The number of ether oxygens (including phenoxy) is 1. The molecule has 0 atom stereocenters. The van der Waals surface area contributed by atoms with Crippen molar-refractivity contribution in [1.29, 1.82) is 0 Å². The van der Waals surface area contributed by atoms with Crippen molar-refractivity contribution < 1.29 is 4.74 Å². The Bertz CT molecular complexity index is 447. The van der Waals surface area contributed by atoms with Gasteiger partial charge in [0.25, 0.3) is 0 Å². The number of benzene rings is 1. The van der Waals surface area contributed by atoms with E-state index in [1.165, 1.54) is 0 Å². The molecule has 0 bridgehead atoms. The van der Waals surface area contributed by atoms with Crippen LogP contribution in [0.2, 0.25) is 5.02 Å². The molecule has 0 saturated carbocycles. The number of thiophene rings is 1. The Morgan fingerprint density at radius 3 is 2.85 bits per heavy atom. The van der Waals surface area contributed by atoms with Gasteiger partial charge in [-0.25, -0.2) is 0 Å². The maximum absolute atomic E-state index is 6.01. The minimum atomic E-state index is 0.804. The van der Waals surface area contributed by atoms with Crippen molar-refractivity contribution in [3.63, 3.8) is 0 Å². The van der Waals surface area contributed by atoms with E-state index in [0.717, 1.165) is 26.4 Å². The molecule has 1 aromatic heterocycles. The summed E-state index contributed by atoms with van der Waals surface area (Å²) in [5.74, 6) is 0.939. The summed E-state index contributed by atoms with van der Waals surface area (Å²) in [5.41, 5.74) is 1.15. The third-order valence-corrected chi connectivity index (χ3v) is 3.49. The Kier molecular flexibility index (Phi) is 2.18. The van der Waals surface area contributed by atoms with Gasteiger partial charge in [0.2, 0.25) is 0 Å². The lowest BCUT2D eigenvalue weighted by atomic mass is 10.2. The van der Waals surface area contributed by atoms with E-state index in [9.17, 15) is 0 Å². The molecule has 1 nitrogen and oxygen atoms in total. The van der Waals surface area contributed by atoms with Gasteiger partial charge in [-0.3, -0.25) is 0 Å². The lowest BCUT2D eigenvalue weighted by molar-refractivity contribution is 0.417. The molecule has 1 aromatic carbocycles. The highest BCUT2D eigenvalue weighted by Crippen LogP contribution is 2.38. The summed E-state index contributed by atoms with van der Waals surface area (Å²) in [6, 6.07) is 4.06. The molecule has 0 aliphatic rings. The van der Waals surface area contributed by atoms with Gasteiger partial charge in [0, 0.05) is 10.8 Å². The zero-order valence-electron chi connectivity index (χ0n) is 7.43. The van der Waals surface area contributed by atoms with Crippen molar-refractivity contribution in [3.05, 3.63) is 28.1 Å². The molecule has 0 radical (unpaired) electrons. The van der Waals surface area contributed by atoms with Crippen LogP contribution in [0.1, 0.15) is 5.56 Å². The average Bonchev–Trinajstić information content (AvgIpc) is 2.48. The summed E-state index contributed by atoms with van der Waals surface area (Å²) in [5, 5.41) is 3.82. The van der Waals surface area contributed by atoms with Crippen LogP contribution in [-0.4, -0.2) is 7.11 Å². The van der Waals surface area contributed by atoms with Gasteiger partial charge in [-0.15, -0.1) is 11.3 Å². The van der Waals surface area contributed by atoms with Crippen molar-refractivity contribution in [2.75, 3.05) is 7.11 Å². The van der Waals surface area contributed by atoms with E-state index in [0.29, 0.717) is 0 Å². The minimum Gasteiger partial charge on any atom is -0.495 e. The third-order valence-electron chi connectivity index (χ3n) is 2.05. The molecule has 0 aliphatic heterocycles. The Balaban J connectivity index is 2.85. The van der Waals surface area contributed by atoms with Crippen LogP contribution in [0.15, 0.2) is 17.5 Å². The van der Waals surface area contributed by atoms with Crippen molar-refractivity contribution in [2.45, 2.75) is 6.92 Å². The highest BCUT2D eigenvalue weighted by atomic mass is 35.5. The first-order chi connectivity index (χ1) is 6.24. The quantitative estimate of drug-likeness (QED) is 0.697. The molecule has 0 unspecified atom stereocenters. The molecule has 0 saturated heterocycles. The highest BCUT2D eigenvalue weighted by molar-refractivity contribution is 7.18. The lowest BCUT2D eigenvalue weighted by Gasteiger charge is -2.04. The Hall–Kier alpha value is -0.730. The van der Waals surface area contributed by atoms with E-state index in [4.69, 9.17) is 16.3 Å². The minimum absolute atomic E-state index is 0.804. The molecular weight excluding hydrogens is 204 g/mol. The smallest absolute Gasteiger partial charge is 0.139 e. The van der Waals surface area contributed by atoms with Crippen molar-refractivity contribution in [1.82, 2.24) is 0 Å². The number of halogens is 1. The largest absolute Gasteiger partial charge is 0.495 e. The van der Waals surface area contributed by atoms with Gasteiger partial charge in [0.1, 0.15) is 5.75 Å². The van der Waals surface area contributed by atoms with Crippen LogP contribution >= 0.6 is 22.9 Å². The zero-order chi connectivity index (χ0) is 9.42. The molecule has 0 fully saturated rings. The fourth-order valence-electron chi connectivity index (χ4n) is 1.39. The standard InChI is InChI=1S/C10H9ClOS/c1-6-3-4-7-8(11)5-13-10(7)9(6)12-2/h3-5H,1-2H3. The molecule has 13 heavy (non-hydrogen) atoms. The summed E-state index contributed by atoms with van der Waals surface area (Å²) in [6.45, 7) is 2.03. The van der Waals surface area contributed by atoms with Gasteiger partial charge < -0.3 is 4.74 Å². The second-order valence-corrected chi connectivity index (χ2v) is 4.16. The molecule has 2 rings (SSSR count). The Labute approximate surface area is 85.9 Å². The summed E-state index contributed by atoms with van der Waals surface area (Å²) < 4.78 is 6.46. The maximum Gasteiger partial charge on any atom is 0.139 e. The first-order valence-electron chi connectivity index (χ1n) is 3.94. The van der Waals surface area contributed by atoms with E-state index in [1.807, 2.05) is 24.4 Å². The fraction of sp³-hybridized carbons (Fsp3) is 0.200. The van der Waals surface area contributed by atoms with Crippen molar-refractivity contribution in [2.24, 2.45) is 0 Å². The lowest BCUT2D eigenvalue weighted by Crippen LogP contribution is -1.86. The molecule has 68 valence electrons. The van der Waals surface area contributed by atoms with Gasteiger partial charge >= 0.3 is 0 Å². The number of hydrogen-bond acceptors (Lipinski definition) is 2. The van der Waals surface area contributed by atoms with E-state index >= 15 is 0 Å². The van der Waals surface area contributed by atoms with Crippen LogP contribution in [0.25, 0.3) is 10.1 Å². The van der Waals surface area contributed by atoms with Crippen molar-refractivity contribution >= 4 is 33.0 Å². The molecule has 0 aliphatic carbocycles. The van der Waals surface area contributed by atoms with Crippen LogP contribution < -0.4 is 4.74 Å². The van der Waals surface area contributed by atoms with E-state index < -0.39 is 0 Å². The van der Waals surface area contributed by atoms with Crippen LogP contribution in [0.5, 0.6) is 5.75 Å². The summed E-state index contributed by atoms with van der Waals surface area (Å²) in [6.07, 6.45) is 0. The van der Waals surface area contributed by atoms with Crippen molar-refractivity contribution in [3.8, 4) is 5.75 Å². The summed E-state index contributed by atoms with van der Waals surface area (Å²) in [4.78, 5) is 0.